The lowest BCUT2D eigenvalue weighted by Crippen LogP contribution is -2.45. The number of halogens is 3. The smallest absolute Gasteiger partial charge is 0.359 e. The number of nitrogens with one attached hydrogen (secondary N) is 1. The maximum atomic E-state index is 12.1. The van der Waals surface area contributed by atoms with Gasteiger partial charge in [-0.15, -0.1) is 0 Å². The van der Waals surface area contributed by atoms with E-state index in [-0.39, 0.29) is 5.84 Å². The summed E-state index contributed by atoms with van der Waals surface area (Å²) in [6.45, 7) is 5.25. The van der Waals surface area contributed by atoms with Gasteiger partial charge >= 0.3 is 6.18 Å². The molecular formula is C7H11F3N2O. The number of hydrogen-bond acceptors (Lipinski definition) is 3. The van der Waals surface area contributed by atoms with Gasteiger partial charge in [-0.1, -0.05) is 25.9 Å². The zero-order chi connectivity index (χ0) is 10.3. The molecule has 3 nitrogen and oxygen atoms in total. The fourth-order valence-electron chi connectivity index (χ4n) is 0.777. The first-order valence-electron chi connectivity index (χ1n) is 3.79. The van der Waals surface area contributed by atoms with Gasteiger partial charge in [-0.05, 0) is 0 Å². The van der Waals surface area contributed by atoms with Crippen LogP contribution in [0.2, 0.25) is 0 Å². The Bertz CT molecular complexity index is 229. The first-order valence-corrected chi connectivity index (χ1v) is 3.79. The highest BCUT2D eigenvalue weighted by Gasteiger charge is 2.47. The van der Waals surface area contributed by atoms with Crippen LogP contribution >= 0.6 is 0 Å². The molecule has 1 aliphatic rings. The third-order valence-electron chi connectivity index (χ3n) is 1.52. The van der Waals surface area contributed by atoms with Crippen LogP contribution in [0.1, 0.15) is 20.8 Å². The summed E-state index contributed by atoms with van der Waals surface area (Å²) in [6.07, 6.45) is -6.42. The van der Waals surface area contributed by atoms with Crippen LogP contribution in [0.5, 0.6) is 0 Å². The Labute approximate surface area is 73.9 Å². The monoisotopic (exact) mass is 196 g/mol. The summed E-state index contributed by atoms with van der Waals surface area (Å²) in [4.78, 5) is 4.21. The fourth-order valence-corrected chi connectivity index (χ4v) is 0.777. The molecule has 0 aromatic heterocycles. The molecule has 1 N–H and O–H groups in total. The van der Waals surface area contributed by atoms with Gasteiger partial charge in [0.25, 0.3) is 6.23 Å². The molecule has 13 heavy (non-hydrogen) atoms. The molecule has 0 saturated carbocycles. The van der Waals surface area contributed by atoms with E-state index in [1.165, 1.54) is 0 Å². The minimum atomic E-state index is -4.42. The summed E-state index contributed by atoms with van der Waals surface area (Å²) < 4.78 is 36.2. The SMILES string of the molecule is CC(C)(C)C1=NOC(C(F)(F)F)N1. The van der Waals surface area contributed by atoms with E-state index < -0.39 is 17.8 Å². The van der Waals surface area contributed by atoms with Gasteiger partial charge in [0.05, 0.1) is 0 Å². The minimum absolute atomic E-state index is 0.217. The lowest BCUT2D eigenvalue weighted by atomic mass is 9.95. The minimum Gasteiger partial charge on any atom is -0.359 e. The van der Waals surface area contributed by atoms with Crippen LogP contribution in [0.4, 0.5) is 13.2 Å². The third kappa shape index (κ3) is 2.26. The van der Waals surface area contributed by atoms with Gasteiger partial charge < -0.3 is 10.2 Å². The van der Waals surface area contributed by atoms with Crippen molar-refractivity contribution in [3.63, 3.8) is 0 Å². The molecule has 0 radical (unpaired) electrons. The van der Waals surface area contributed by atoms with Crippen LogP contribution in [0.15, 0.2) is 5.16 Å². The van der Waals surface area contributed by atoms with E-state index in [0.29, 0.717) is 0 Å². The topological polar surface area (TPSA) is 33.6 Å². The number of amidine groups is 1. The predicted molar refractivity (Wildman–Crippen MR) is 41.0 cm³/mol. The average molecular weight is 196 g/mol. The molecule has 1 atom stereocenters. The van der Waals surface area contributed by atoms with Gasteiger partial charge in [0.2, 0.25) is 0 Å². The maximum Gasteiger partial charge on any atom is 0.448 e. The van der Waals surface area contributed by atoms with Gasteiger partial charge in [0.15, 0.2) is 5.84 Å². The molecule has 1 rings (SSSR count). The van der Waals surface area contributed by atoms with Crippen LogP contribution in [0.25, 0.3) is 0 Å². The second-order valence-electron chi connectivity index (χ2n) is 3.86. The van der Waals surface area contributed by atoms with E-state index in [1.807, 2.05) is 0 Å². The highest BCUT2D eigenvalue weighted by molar-refractivity contribution is 5.87. The normalized spacial score (nSPS) is 23.5. The second-order valence-corrected chi connectivity index (χ2v) is 3.86. The number of rotatable bonds is 0. The zero-order valence-electron chi connectivity index (χ0n) is 7.57. The van der Waals surface area contributed by atoms with E-state index in [9.17, 15) is 13.2 Å². The summed E-state index contributed by atoms with van der Waals surface area (Å²) >= 11 is 0. The molecule has 1 heterocycles. The first-order chi connectivity index (χ1) is 5.71. The van der Waals surface area contributed by atoms with E-state index in [4.69, 9.17) is 0 Å². The van der Waals surface area contributed by atoms with Crippen LogP contribution in [-0.2, 0) is 4.84 Å². The number of alkyl halides is 3. The summed E-state index contributed by atoms with van der Waals surface area (Å²) in [5, 5.41) is 5.51. The maximum absolute atomic E-state index is 12.1. The molecule has 0 saturated heterocycles. The quantitative estimate of drug-likeness (QED) is 0.641. The van der Waals surface area contributed by atoms with E-state index in [2.05, 4.69) is 15.3 Å². The molecule has 0 aliphatic carbocycles. The summed E-state index contributed by atoms with van der Waals surface area (Å²) in [7, 11) is 0. The molecule has 1 unspecified atom stereocenters. The molecule has 0 fully saturated rings. The molecule has 76 valence electrons. The molecule has 0 aromatic rings. The molecule has 0 aromatic carbocycles. The van der Waals surface area contributed by atoms with Crippen molar-refractivity contribution in [3.8, 4) is 0 Å². The van der Waals surface area contributed by atoms with Gasteiger partial charge in [-0.25, -0.2) is 0 Å². The Morgan fingerprint density at radius 3 is 2.08 bits per heavy atom. The van der Waals surface area contributed by atoms with Gasteiger partial charge in [0.1, 0.15) is 0 Å². The van der Waals surface area contributed by atoms with Gasteiger partial charge in [-0.3, -0.25) is 0 Å². The summed E-state index contributed by atoms with van der Waals surface area (Å²) in [5.74, 6) is 0.217. The number of hydrogen-bond donors (Lipinski definition) is 1. The third-order valence-corrected chi connectivity index (χ3v) is 1.52. The lowest BCUT2D eigenvalue weighted by Gasteiger charge is -2.19. The van der Waals surface area contributed by atoms with Crippen LogP contribution in [-0.4, -0.2) is 18.2 Å². The standard InChI is InChI=1S/C7H11F3N2O/c1-6(2,3)4-11-5(13-12-4)7(8,9)10/h5H,1-3H3,(H,11,12). The van der Waals surface area contributed by atoms with Crippen molar-refractivity contribution in [2.24, 2.45) is 10.6 Å². The molecule has 0 spiro atoms. The zero-order valence-corrected chi connectivity index (χ0v) is 7.57. The highest BCUT2D eigenvalue weighted by atomic mass is 19.4. The number of nitrogens with zero attached hydrogens (tertiary/aromatic N) is 1. The van der Waals surface area contributed by atoms with Gasteiger partial charge in [0, 0.05) is 5.41 Å². The van der Waals surface area contributed by atoms with E-state index in [1.54, 1.807) is 20.8 Å². The van der Waals surface area contributed by atoms with Crippen molar-refractivity contribution in [1.29, 1.82) is 0 Å². The Morgan fingerprint density at radius 1 is 1.31 bits per heavy atom. The van der Waals surface area contributed by atoms with Crippen molar-refractivity contribution in [2.45, 2.75) is 33.2 Å². The highest BCUT2D eigenvalue weighted by Crippen LogP contribution is 2.27. The average Bonchev–Trinajstić information content (AvgIpc) is 2.28. The summed E-state index contributed by atoms with van der Waals surface area (Å²) in [5.41, 5.74) is -0.458. The first kappa shape index (κ1) is 10.1. The largest absolute Gasteiger partial charge is 0.448 e. The van der Waals surface area contributed by atoms with Crippen LogP contribution in [0, 0.1) is 5.41 Å². The van der Waals surface area contributed by atoms with Crippen LogP contribution in [0.3, 0.4) is 0 Å². The van der Waals surface area contributed by atoms with Crippen molar-refractivity contribution in [2.75, 3.05) is 0 Å². The van der Waals surface area contributed by atoms with Crippen molar-refractivity contribution >= 4 is 5.84 Å². The van der Waals surface area contributed by atoms with E-state index >= 15 is 0 Å². The van der Waals surface area contributed by atoms with Crippen LogP contribution < -0.4 is 5.32 Å². The Morgan fingerprint density at radius 2 is 1.85 bits per heavy atom. The Balaban J connectivity index is 2.63. The lowest BCUT2D eigenvalue weighted by molar-refractivity contribution is -0.218. The molecular weight excluding hydrogens is 185 g/mol. The molecule has 0 amide bonds. The molecule has 6 heteroatoms. The Hall–Kier alpha value is -0.940. The van der Waals surface area contributed by atoms with Crippen molar-refractivity contribution < 1.29 is 18.0 Å². The molecule has 1 aliphatic heterocycles. The predicted octanol–water partition coefficient (Wildman–Crippen LogP) is 1.85. The second kappa shape index (κ2) is 2.78. The number of oxime groups is 1. The fraction of sp³-hybridized carbons (Fsp3) is 0.857. The van der Waals surface area contributed by atoms with Gasteiger partial charge in [-0.2, -0.15) is 13.2 Å². The Kier molecular flexibility index (Phi) is 2.17. The van der Waals surface area contributed by atoms with Crippen molar-refractivity contribution in [3.05, 3.63) is 0 Å². The van der Waals surface area contributed by atoms with Crippen molar-refractivity contribution in [1.82, 2.24) is 5.32 Å². The van der Waals surface area contributed by atoms with E-state index in [0.717, 1.165) is 0 Å². The summed E-state index contributed by atoms with van der Waals surface area (Å²) in [6, 6.07) is 0. The molecule has 0 bridgehead atoms.